The lowest BCUT2D eigenvalue weighted by molar-refractivity contribution is 0.571. The van der Waals surface area contributed by atoms with Crippen molar-refractivity contribution < 1.29 is 8.42 Å². The van der Waals surface area contributed by atoms with Gasteiger partial charge < -0.3 is 0 Å². The number of fused-ring (bicyclic) bond motifs is 1. The maximum atomic E-state index is 13.0. The van der Waals surface area contributed by atoms with Crippen molar-refractivity contribution in [2.75, 3.05) is 4.72 Å². The summed E-state index contributed by atoms with van der Waals surface area (Å²) in [6, 6.07) is 18.0. The van der Waals surface area contributed by atoms with E-state index >= 15 is 0 Å². The van der Waals surface area contributed by atoms with Crippen LogP contribution in [0.15, 0.2) is 65.6 Å². The summed E-state index contributed by atoms with van der Waals surface area (Å²) in [5.41, 5.74) is 4.11. The first-order valence-corrected chi connectivity index (χ1v) is 11.9. The molecule has 0 fully saturated rings. The van der Waals surface area contributed by atoms with Crippen molar-refractivity contribution >= 4 is 26.9 Å². The van der Waals surface area contributed by atoms with Gasteiger partial charge in [-0.2, -0.15) is 0 Å². The van der Waals surface area contributed by atoms with Gasteiger partial charge in [-0.15, -0.1) is 0 Å². The van der Waals surface area contributed by atoms with Crippen LogP contribution >= 0.6 is 0 Å². The number of aryl methyl sites for hydroxylation is 2. The zero-order valence-electron chi connectivity index (χ0n) is 18.8. The van der Waals surface area contributed by atoms with E-state index in [9.17, 15) is 8.42 Å². The van der Waals surface area contributed by atoms with Gasteiger partial charge in [0, 0.05) is 16.7 Å². The largest absolute Gasteiger partial charge is 0.263 e. The van der Waals surface area contributed by atoms with Gasteiger partial charge in [-0.05, 0) is 43.7 Å². The first kappa shape index (κ1) is 21.9. The molecule has 0 atom stereocenters. The molecule has 7 heteroatoms. The van der Waals surface area contributed by atoms with Crippen LogP contribution in [0.25, 0.3) is 22.4 Å². The predicted octanol–water partition coefficient (Wildman–Crippen LogP) is 5.41. The van der Waals surface area contributed by atoms with Crippen LogP contribution in [0.2, 0.25) is 0 Å². The number of aromatic nitrogens is 3. The highest BCUT2D eigenvalue weighted by Crippen LogP contribution is 2.30. The minimum atomic E-state index is -3.83. The maximum absolute atomic E-state index is 13.0. The summed E-state index contributed by atoms with van der Waals surface area (Å²) in [5.74, 6) is 0.640. The van der Waals surface area contributed by atoms with Gasteiger partial charge in [-0.1, -0.05) is 62.7 Å². The third-order valence-corrected chi connectivity index (χ3v) is 6.59. The number of sulfonamides is 1. The lowest BCUT2D eigenvalue weighted by Gasteiger charge is -2.19. The second-order valence-corrected chi connectivity index (χ2v) is 10.6. The molecule has 2 heterocycles. The van der Waals surface area contributed by atoms with Crippen LogP contribution in [0.3, 0.4) is 0 Å². The first-order valence-electron chi connectivity index (χ1n) is 10.4. The van der Waals surface area contributed by atoms with E-state index in [-0.39, 0.29) is 16.1 Å². The Hall–Kier alpha value is -3.32. The lowest BCUT2D eigenvalue weighted by Crippen LogP contribution is -2.16. The van der Waals surface area contributed by atoms with E-state index in [4.69, 9.17) is 9.97 Å². The van der Waals surface area contributed by atoms with Gasteiger partial charge in [-0.25, -0.2) is 23.4 Å². The van der Waals surface area contributed by atoms with Gasteiger partial charge in [0.15, 0.2) is 17.3 Å². The molecule has 0 saturated heterocycles. The van der Waals surface area contributed by atoms with Crippen molar-refractivity contribution in [1.29, 1.82) is 0 Å². The van der Waals surface area contributed by atoms with E-state index in [0.717, 1.165) is 22.4 Å². The molecular weight excluding hydrogens is 420 g/mol. The van der Waals surface area contributed by atoms with Gasteiger partial charge in [0.25, 0.3) is 10.0 Å². The number of rotatable bonds is 4. The molecule has 2 aromatic carbocycles. The van der Waals surface area contributed by atoms with E-state index in [1.165, 1.54) is 0 Å². The SMILES string of the molecule is Cc1ccc(-c2nc(NS(=O)(=O)c3ccccc3)c3ccc(C(C)(C)C)nc3n2)c(C)c1. The second-order valence-electron chi connectivity index (χ2n) is 8.95. The molecule has 0 aliphatic rings. The molecule has 1 N–H and O–H groups in total. The molecule has 0 radical (unpaired) electrons. The van der Waals surface area contributed by atoms with Crippen molar-refractivity contribution in [3.05, 3.63) is 77.5 Å². The summed E-state index contributed by atoms with van der Waals surface area (Å²) in [5, 5.41) is 0.547. The van der Waals surface area contributed by atoms with Crippen LogP contribution in [0.4, 0.5) is 5.82 Å². The van der Waals surface area contributed by atoms with Crippen molar-refractivity contribution in [3.63, 3.8) is 0 Å². The van der Waals surface area contributed by atoms with Gasteiger partial charge >= 0.3 is 0 Å². The molecule has 2 aromatic heterocycles. The Bertz CT molecular complexity index is 1410. The van der Waals surface area contributed by atoms with Crippen LogP contribution in [0.1, 0.15) is 37.6 Å². The Labute approximate surface area is 188 Å². The van der Waals surface area contributed by atoms with Crippen LogP contribution in [-0.4, -0.2) is 23.4 Å². The quantitative estimate of drug-likeness (QED) is 0.453. The molecule has 4 rings (SSSR count). The summed E-state index contributed by atoms with van der Waals surface area (Å²) in [6.07, 6.45) is 0. The fourth-order valence-electron chi connectivity index (χ4n) is 3.48. The molecule has 0 saturated carbocycles. The molecule has 4 aromatic rings. The Morgan fingerprint density at radius 2 is 1.56 bits per heavy atom. The highest BCUT2D eigenvalue weighted by molar-refractivity contribution is 7.92. The van der Waals surface area contributed by atoms with Crippen LogP contribution in [-0.2, 0) is 15.4 Å². The zero-order valence-corrected chi connectivity index (χ0v) is 19.7. The Morgan fingerprint density at radius 3 is 2.22 bits per heavy atom. The van der Waals surface area contributed by atoms with Crippen LogP contribution in [0.5, 0.6) is 0 Å². The fourth-order valence-corrected chi connectivity index (χ4v) is 4.52. The Balaban J connectivity index is 1.94. The summed E-state index contributed by atoms with van der Waals surface area (Å²) in [4.78, 5) is 14.3. The van der Waals surface area contributed by atoms with Crippen molar-refractivity contribution in [2.45, 2.75) is 44.9 Å². The molecule has 0 amide bonds. The molecule has 0 unspecified atom stereocenters. The Kier molecular flexibility index (Phi) is 5.46. The topological polar surface area (TPSA) is 84.8 Å². The molecule has 0 aliphatic heterocycles. The van der Waals surface area contributed by atoms with E-state index in [1.54, 1.807) is 30.3 Å². The number of anilines is 1. The van der Waals surface area contributed by atoms with Crippen LogP contribution in [0, 0.1) is 13.8 Å². The smallest absolute Gasteiger partial charge is 0.263 e. The van der Waals surface area contributed by atoms with E-state index in [0.29, 0.717) is 16.9 Å². The molecule has 0 aliphatic carbocycles. The standard InChI is InChI=1S/C25H26N4O2S/c1-16-11-12-19(17(2)15-16)22-27-23-20(13-14-21(26-23)25(3,4)5)24(28-22)29-32(30,31)18-9-7-6-8-10-18/h6-15H,1-5H3,(H,26,27,28,29). The first-order chi connectivity index (χ1) is 15.0. The predicted molar refractivity (Wildman–Crippen MR) is 128 cm³/mol. The highest BCUT2D eigenvalue weighted by Gasteiger charge is 2.21. The number of hydrogen-bond acceptors (Lipinski definition) is 5. The summed E-state index contributed by atoms with van der Waals surface area (Å²) >= 11 is 0. The van der Waals surface area contributed by atoms with Gasteiger partial charge in [0.1, 0.15) is 0 Å². The van der Waals surface area contributed by atoms with Crippen molar-refractivity contribution in [2.24, 2.45) is 0 Å². The normalized spacial score (nSPS) is 12.2. The number of nitrogens with zero attached hydrogens (tertiary/aromatic N) is 3. The van der Waals surface area contributed by atoms with Gasteiger partial charge in [0.05, 0.1) is 10.3 Å². The van der Waals surface area contributed by atoms with Crippen molar-refractivity contribution in [3.8, 4) is 11.4 Å². The number of benzene rings is 2. The summed E-state index contributed by atoms with van der Waals surface area (Å²) in [6.45, 7) is 10.2. The number of pyridine rings is 1. The monoisotopic (exact) mass is 446 g/mol. The number of nitrogens with one attached hydrogen (secondary N) is 1. The maximum Gasteiger partial charge on any atom is 0.263 e. The number of hydrogen-bond donors (Lipinski definition) is 1. The highest BCUT2D eigenvalue weighted by atomic mass is 32.2. The van der Waals surface area contributed by atoms with E-state index < -0.39 is 10.0 Å². The minimum absolute atomic E-state index is 0.166. The molecular formula is C25H26N4O2S. The molecule has 0 bridgehead atoms. The summed E-state index contributed by atoms with van der Waals surface area (Å²) < 4.78 is 28.7. The summed E-state index contributed by atoms with van der Waals surface area (Å²) in [7, 11) is -3.83. The third-order valence-electron chi connectivity index (χ3n) is 5.24. The van der Waals surface area contributed by atoms with Gasteiger partial charge in [0.2, 0.25) is 0 Å². The zero-order chi connectivity index (χ0) is 23.1. The minimum Gasteiger partial charge on any atom is -0.263 e. The average molecular weight is 447 g/mol. The van der Waals surface area contributed by atoms with E-state index in [1.807, 2.05) is 38.1 Å². The van der Waals surface area contributed by atoms with Crippen molar-refractivity contribution in [1.82, 2.24) is 15.0 Å². The Morgan fingerprint density at radius 1 is 0.844 bits per heavy atom. The average Bonchev–Trinajstić information content (AvgIpc) is 2.73. The second kappa shape index (κ2) is 7.98. The van der Waals surface area contributed by atoms with E-state index in [2.05, 4.69) is 36.5 Å². The molecule has 0 spiro atoms. The molecule has 32 heavy (non-hydrogen) atoms. The van der Waals surface area contributed by atoms with Gasteiger partial charge in [-0.3, -0.25) is 4.72 Å². The third kappa shape index (κ3) is 4.34. The molecule has 6 nitrogen and oxygen atoms in total. The lowest BCUT2D eigenvalue weighted by atomic mass is 9.91. The fraction of sp³-hybridized carbons (Fsp3) is 0.240. The van der Waals surface area contributed by atoms with Crippen LogP contribution < -0.4 is 4.72 Å². The molecule has 164 valence electrons.